The lowest BCUT2D eigenvalue weighted by molar-refractivity contribution is -0.136. The van der Waals surface area contributed by atoms with Crippen LogP contribution >= 0.6 is 0 Å². The summed E-state index contributed by atoms with van der Waals surface area (Å²) in [5.41, 5.74) is 0.801. The SMILES string of the molecule is CC(C)(C)c1[nH]n(-c2ccccc2O)c(=O)c1CCC(=O)O. The van der Waals surface area contributed by atoms with Crippen molar-refractivity contribution < 1.29 is 15.0 Å². The fraction of sp³-hybridized carbons (Fsp3) is 0.375. The maximum absolute atomic E-state index is 12.6. The number of rotatable bonds is 4. The fourth-order valence-corrected chi connectivity index (χ4v) is 2.38. The first-order valence-electron chi connectivity index (χ1n) is 7.06. The first kappa shape index (κ1) is 15.9. The van der Waals surface area contributed by atoms with Crippen LogP contribution in [0.4, 0.5) is 0 Å². The molecule has 0 bridgehead atoms. The number of aromatic nitrogens is 2. The number of nitrogens with one attached hydrogen (secondary N) is 1. The normalized spacial score (nSPS) is 11.6. The van der Waals surface area contributed by atoms with E-state index >= 15 is 0 Å². The highest BCUT2D eigenvalue weighted by atomic mass is 16.4. The molecule has 1 aromatic heterocycles. The van der Waals surface area contributed by atoms with E-state index in [1.807, 2.05) is 20.8 Å². The Bertz CT molecular complexity index is 750. The Balaban J connectivity index is 2.61. The number of carboxylic acids is 1. The smallest absolute Gasteiger partial charge is 0.303 e. The van der Waals surface area contributed by atoms with E-state index in [1.165, 1.54) is 10.7 Å². The zero-order valence-electron chi connectivity index (χ0n) is 12.9. The number of nitrogens with zero attached hydrogens (tertiary/aromatic N) is 1. The molecule has 0 atom stereocenters. The fourth-order valence-electron chi connectivity index (χ4n) is 2.38. The lowest BCUT2D eigenvalue weighted by Gasteiger charge is -2.18. The Morgan fingerprint density at radius 2 is 1.91 bits per heavy atom. The number of para-hydroxylation sites is 2. The number of aromatic amines is 1. The number of carbonyl (C=O) groups is 1. The van der Waals surface area contributed by atoms with Gasteiger partial charge in [-0.15, -0.1) is 0 Å². The topological polar surface area (TPSA) is 95.3 Å². The van der Waals surface area contributed by atoms with Gasteiger partial charge in [0.05, 0.1) is 0 Å². The number of carboxylic acid groups (broad SMARTS) is 1. The first-order chi connectivity index (χ1) is 10.2. The average Bonchev–Trinajstić information content (AvgIpc) is 2.74. The molecule has 0 aliphatic carbocycles. The van der Waals surface area contributed by atoms with Gasteiger partial charge in [-0.05, 0) is 18.6 Å². The Morgan fingerprint density at radius 1 is 1.27 bits per heavy atom. The van der Waals surface area contributed by atoms with E-state index in [2.05, 4.69) is 5.10 Å². The highest BCUT2D eigenvalue weighted by Gasteiger charge is 2.25. The van der Waals surface area contributed by atoms with Crippen LogP contribution in [0.15, 0.2) is 29.1 Å². The molecule has 6 nitrogen and oxygen atoms in total. The standard InChI is InChI=1S/C16H20N2O4/c1-16(2,3)14-10(8-9-13(20)21)15(22)18(17-14)11-6-4-5-7-12(11)19/h4-7,17,19H,8-9H2,1-3H3,(H,20,21). The van der Waals surface area contributed by atoms with Crippen molar-refractivity contribution in [3.8, 4) is 11.4 Å². The third-order valence-electron chi connectivity index (χ3n) is 3.45. The summed E-state index contributed by atoms with van der Waals surface area (Å²) >= 11 is 0. The molecule has 22 heavy (non-hydrogen) atoms. The molecule has 1 heterocycles. The van der Waals surface area contributed by atoms with Crippen LogP contribution in [0.25, 0.3) is 5.69 Å². The zero-order valence-corrected chi connectivity index (χ0v) is 12.9. The molecule has 0 saturated heterocycles. The van der Waals surface area contributed by atoms with E-state index in [-0.39, 0.29) is 29.6 Å². The highest BCUT2D eigenvalue weighted by Crippen LogP contribution is 2.26. The van der Waals surface area contributed by atoms with Gasteiger partial charge < -0.3 is 10.2 Å². The van der Waals surface area contributed by atoms with E-state index in [1.54, 1.807) is 18.2 Å². The van der Waals surface area contributed by atoms with Gasteiger partial charge in [-0.3, -0.25) is 14.7 Å². The Labute approximate surface area is 128 Å². The van der Waals surface area contributed by atoms with Crippen LogP contribution < -0.4 is 5.56 Å². The summed E-state index contributed by atoms with van der Waals surface area (Å²) in [5.74, 6) is -0.967. The van der Waals surface area contributed by atoms with Gasteiger partial charge in [0.1, 0.15) is 11.4 Å². The number of phenolic OH excluding ortho intramolecular Hbond substituents is 1. The summed E-state index contributed by atoms with van der Waals surface area (Å²) in [7, 11) is 0. The molecule has 0 unspecified atom stereocenters. The summed E-state index contributed by atoms with van der Waals surface area (Å²) in [6.45, 7) is 5.83. The van der Waals surface area contributed by atoms with Crippen molar-refractivity contribution >= 4 is 5.97 Å². The second-order valence-electron chi connectivity index (χ2n) is 6.24. The number of hydrogen-bond acceptors (Lipinski definition) is 3. The van der Waals surface area contributed by atoms with E-state index < -0.39 is 5.97 Å². The van der Waals surface area contributed by atoms with Gasteiger partial charge in [0.25, 0.3) is 5.56 Å². The molecular formula is C16H20N2O4. The Morgan fingerprint density at radius 3 is 2.45 bits per heavy atom. The van der Waals surface area contributed by atoms with E-state index in [0.717, 1.165) is 0 Å². The summed E-state index contributed by atoms with van der Waals surface area (Å²) in [4.78, 5) is 23.4. The van der Waals surface area contributed by atoms with Crippen LogP contribution in [0, 0.1) is 0 Å². The van der Waals surface area contributed by atoms with Crippen molar-refractivity contribution in [1.29, 1.82) is 0 Å². The van der Waals surface area contributed by atoms with Gasteiger partial charge in [-0.25, -0.2) is 4.68 Å². The van der Waals surface area contributed by atoms with Gasteiger partial charge in [0.2, 0.25) is 0 Å². The molecule has 3 N–H and O–H groups in total. The van der Waals surface area contributed by atoms with Crippen LogP contribution in [-0.2, 0) is 16.6 Å². The maximum atomic E-state index is 12.6. The zero-order chi connectivity index (χ0) is 16.5. The molecule has 0 aliphatic rings. The van der Waals surface area contributed by atoms with Crippen LogP contribution in [0.3, 0.4) is 0 Å². The van der Waals surface area contributed by atoms with E-state index in [4.69, 9.17) is 5.11 Å². The molecule has 0 saturated carbocycles. The van der Waals surface area contributed by atoms with Crippen molar-refractivity contribution in [2.75, 3.05) is 0 Å². The lowest BCUT2D eigenvalue weighted by Crippen LogP contribution is -2.19. The molecule has 1 aromatic carbocycles. The van der Waals surface area contributed by atoms with E-state index in [0.29, 0.717) is 16.9 Å². The van der Waals surface area contributed by atoms with Gasteiger partial charge >= 0.3 is 5.97 Å². The minimum absolute atomic E-state index is 0.0175. The minimum atomic E-state index is -0.949. The van der Waals surface area contributed by atoms with Crippen molar-refractivity contribution in [2.45, 2.75) is 39.0 Å². The molecular weight excluding hydrogens is 284 g/mol. The first-order valence-corrected chi connectivity index (χ1v) is 7.06. The third-order valence-corrected chi connectivity index (χ3v) is 3.45. The number of phenols is 1. The van der Waals surface area contributed by atoms with Crippen LogP contribution in [-0.4, -0.2) is 26.0 Å². The van der Waals surface area contributed by atoms with Crippen molar-refractivity contribution in [1.82, 2.24) is 9.78 Å². The predicted octanol–water partition coefficient (Wildman–Crippen LogP) is 2.19. The Kier molecular flexibility index (Phi) is 4.12. The van der Waals surface area contributed by atoms with Gasteiger partial charge in [0, 0.05) is 23.1 Å². The summed E-state index contributed by atoms with van der Waals surface area (Å²) in [6, 6.07) is 6.51. The lowest BCUT2D eigenvalue weighted by atomic mass is 9.88. The molecule has 0 fully saturated rings. The van der Waals surface area contributed by atoms with Crippen LogP contribution in [0.5, 0.6) is 5.75 Å². The van der Waals surface area contributed by atoms with Crippen molar-refractivity contribution in [3.63, 3.8) is 0 Å². The minimum Gasteiger partial charge on any atom is -0.506 e. The number of H-pyrrole nitrogens is 1. The molecule has 0 aliphatic heterocycles. The molecule has 118 valence electrons. The van der Waals surface area contributed by atoms with Crippen molar-refractivity contribution in [2.24, 2.45) is 0 Å². The second-order valence-corrected chi connectivity index (χ2v) is 6.24. The number of hydrogen-bond donors (Lipinski definition) is 3. The Hall–Kier alpha value is -2.50. The second kappa shape index (κ2) is 5.71. The molecule has 0 amide bonds. The van der Waals surface area contributed by atoms with Gasteiger partial charge in [-0.2, -0.15) is 0 Å². The summed E-state index contributed by atoms with van der Waals surface area (Å²) in [5, 5.41) is 21.8. The monoisotopic (exact) mass is 304 g/mol. The number of aliphatic carboxylic acids is 1. The number of benzene rings is 1. The molecule has 6 heteroatoms. The molecule has 2 rings (SSSR count). The molecule has 0 spiro atoms. The van der Waals surface area contributed by atoms with Crippen LogP contribution in [0.1, 0.15) is 38.4 Å². The van der Waals surface area contributed by atoms with Crippen LogP contribution in [0.2, 0.25) is 0 Å². The largest absolute Gasteiger partial charge is 0.506 e. The van der Waals surface area contributed by atoms with E-state index in [9.17, 15) is 14.7 Å². The quantitative estimate of drug-likeness (QED) is 0.806. The van der Waals surface area contributed by atoms with Gasteiger partial charge in [-0.1, -0.05) is 32.9 Å². The third kappa shape index (κ3) is 3.05. The molecule has 2 aromatic rings. The average molecular weight is 304 g/mol. The maximum Gasteiger partial charge on any atom is 0.303 e. The van der Waals surface area contributed by atoms with Crippen molar-refractivity contribution in [3.05, 3.63) is 45.9 Å². The highest BCUT2D eigenvalue weighted by molar-refractivity contribution is 5.67. The predicted molar refractivity (Wildman–Crippen MR) is 82.7 cm³/mol. The summed E-state index contributed by atoms with van der Waals surface area (Å²) < 4.78 is 1.27. The number of aromatic hydroxyl groups is 1. The molecule has 0 radical (unpaired) electrons. The summed E-state index contributed by atoms with van der Waals surface area (Å²) in [6.07, 6.45) is 0.0365. The van der Waals surface area contributed by atoms with Gasteiger partial charge in [0.15, 0.2) is 0 Å².